The van der Waals surface area contributed by atoms with Gasteiger partial charge in [0.2, 0.25) is 0 Å². The van der Waals surface area contributed by atoms with E-state index in [0.717, 1.165) is 24.9 Å². The Labute approximate surface area is 232 Å². The Bertz CT molecular complexity index is 1480. The van der Waals surface area contributed by atoms with Crippen LogP contribution in [0.3, 0.4) is 0 Å². The van der Waals surface area contributed by atoms with E-state index in [1.807, 2.05) is 30.3 Å². The summed E-state index contributed by atoms with van der Waals surface area (Å²) in [6.07, 6.45) is 3.20. The van der Waals surface area contributed by atoms with Gasteiger partial charge in [0.25, 0.3) is 0 Å². The van der Waals surface area contributed by atoms with Crippen molar-refractivity contribution in [3.05, 3.63) is 71.8 Å². The Hall–Kier alpha value is -4.18. The highest BCUT2D eigenvalue weighted by Crippen LogP contribution is 2.40. The number of nitrogens with zero attached hydrogens (tertiary/aromatic N) is 5. The fraction of sp³-hybridized carbons (Fsp3) is 0.367. The molecule has 0 aliphatic carbocycles. The molecule has 4 aromatic rings. The molecule has 2 aromatic heterocycles. The Morgan fingerprint density at radius 1 is 1.10 bits per heavy atom. The van der Waals surface area contributed by atoms with Crippen LogP contribution in [0.15, 0.2) is 54.9 Å². The molecule has 1 aliphatic rings. The molecule has 0 spiro atoms. The third-order valence-electron chi connectivity index (χ3n) is 7.32. The number of halogens is 1. The van der Waals surface area contributed by atoms with Gasteiger partial charge < -0.3 is 29.5 Å². The summed E-state index contributed by atoms with van der Waals surface area (Å²) in [4.78, 5) is 18.3. The second-order valence-corrected chi connectivity index (χ2v) is 10.0. The maximum absolute atomic E-state index is 14.1. The fourth-order valence-corrected chi connectivity index (χ4v) is 5.26. The molecule has 40 heavy (non-hydrogen) atoms. The van der Waals surface area contributed by atoms with E-state index in [1.54, 1.807) is 21.1 Å². The average Bonchev–Trinajstić information content (AvgIpc) is 3.45. The molecule has 1 fully saturated rings. The minimum Gasteiger partial charge on any atom is -0.508 e. The lowest BCUT2D eigenvalue weighted by Gasteiger charge is -2.28. The number of fused-ring (bicyclic) bond motifs is 1. The number of methoxy groups -OCH3 is 2. The van der Waals surface area contributed by atoms with Gasteiger partial charge in [0.15, 0.2) is 5.82 Å². The summed E-state index contributed by atoms with van der Waals surface area (Å²) in [5, 5.41) is 20.6. The van der Waals surface area contributed by atoms with E-state index in [2.05, 4.69) is 19.8 Å². The zero-order chi connectivity index (χ0) is 28.2. The van der Waals surface area contributed by atoms with Crippen molar-refractivity contribution < 1.29 is 24.1 Å². The molecule has 0 saturated carbocycles. The Balaban J connectivity index is 1.54. The van der Waals surface area contributed by atoms with Crippen LogP contribution in [0.1, 0.15) is 43.4 Å². The lowest BCUT2D eigenvalue weighted by Crippen LogP contribution is -2.28. The zero-order valence-corrected chi connectivity index (χ0v) is 22.9. The molecule has 3 heterocycles. The number of hydrogen-bond donors (Lipinski definition) is 2. The second kappa shape index (κ2) is 11.9. The van der Waals surface area contributed by atoms with Gasteiger partial charge in [-0.05, 0) is 68.7 Å². The van der Waals surface area contributed by atoms with Crippen molar-refractivity contribution >= 4 is 22.7 Å². The number of aromatic hydroxyl groups is 1. The number of ether oxygens (including phenoxy) is 2. The number of phenols is 1. The summed E-state index contributed by atoms with van der Waals surface area (Å²) >= 11 is 0. The third kappa shape index (κ3) is 5.72. The van der Waals surface area contributed by atoms with Gasteiger partial charge in [-0.25, -0.2) is 19.3 Å². The van der Waals surface area contributed by atoms with E-state index in [-0.39, 0.29) is 17.6 Å². The normalized spacial score (nSPS) is 15.8. The molecular formula is C30H34FN5O4. The predicted molar refractivity (Wildman–Crippen MR) is 152 cm³/mol. The molecular weight excluding hydrogens is 513 g/mol. The Morgan fingerprint density at radius 3 is 2.73 bits per heavy atom. The second-order valence-electron chi connectivity index (χ2n) is 10.0. The van der Waals surface area contributed by atoms with E-state index < -0.39 is 6.10 Å². The molecule has 0 unspecified atom stereocenters. The SMILES string of the molecule is COc1ccc(CN(CC[C@@H](C)O)c2ncnc3ccc(N4CCC[C@@H]4c4cc(F)ccc4O)nc23)c(OC)c1. The standard InChI is InChI=1S/C30H34FN5O4/c1-19(37)12-14-35(17-20-6-8-22(39-2)16-27(20)40-3)30-29-24(32-18-33-30)9-11-28(34-29)36-13-4-5-25(36)23-15-21(31)7-10-26(23)38/h6-11,15-16,18-19,25,37-38H,4-5,12-14,17H2,1-3H3/t19-,25-/m1/s1. The van der Waals surface area contributed by atoms with Crippen molar-refractivity contribution in [2.75, 3.05) is 37.1 Å². The molecule has 2 N–H and O–H groups in total. The molecule has 1 aliphatic heterocycles. The maximum Gasteiger partial charge on any atom is 0.159 e. The molecule has 0 bridgehead atoms. The highest BCUT2D eigenvalue weighted by atomic mass is 19.1. The smallest absolute Gasteiger partial charge is 0.159 e. The molecule has 0 amide bonds. The molecule has 5 rings (SSSR count). The minimum atomic E-state index is -0.499. The first-order valence-corrected chi connectivity index (χ1v) is 13.4. The quantitative estimate of drug-likeness (QED) is 0.284. The molecule has 1 saturated heterocycles. The lowest BCUT2D eigenvalue weighted by molar-refractivity contribution is 0.186. The monoisotopic (exact) mass is 547 g/mol. The third-order valence-corrected chi connectivity index (χ3v) is 7.32. The first-order chi connectivity index (χ1) is 19.4. The van der Waals surface area contributed by atoms with E-state index >= 15 is 0 Å². The zero-order valence-electron chi connectivity index (χ0n) is 22.9. The van der Waals surface area contributed by atoms with Crippen molar-refractivity contribution in [1.82, 2.24) is 15.0 Å². The van der Waals surface area contributed by atoms with Gasteiger partial charge in [-0.3, -0.25) is 0 Å². The largest absolute Gasteiger partial charge is 0.508 e. The maximum atomic E-state index is 14.1. The number of phenolic OH excluding ortho intramolecular Hbond substituents is 1. The summed E-state index contributed by atoms with van der Waals surface area (Å²) in [6, 6.07) is 13.3. The molecule has 210 valence electrons. The van der Waals surface area contributed by atoms with E-state index in [9.17, 15) is 14.6 Å². The summed E-state index contributed by atoms with van der Waals surface area (Å²) < 4.78 is 25.1. The van der Waals surface area contributed by atoms with Crippen LogP contribution < -0.4 is 19.3 Å². The number of aliphatic hydroxyl groups is 1. The van der Waals surface area contributed by atoms with Gasteiger partial charge in [-0.1, -0.05) is 0 Å². The number of hydrogen-bond acceptors (Lipinski definition) is 9. The topological polar surface area (TPSA) is 104 Å². The van der Waals surface area contributed by atoms with Crippen molar-refractivity contribution in [2.24, 2.45) is 0 Å². The molecule has 2 atom stereocenters. The molecule has 2 aromatic carbocycles. The van der Waals surface area contributed by atoms with Crippen LogP contribution in [0.2, 0.25) is 0 Å². The van der Waals surface area contributed by atoms with Gasteiger partial charge in [0.05, 0.1) is 31.9 Å². The lowest BCUT2D eigenvalue weighted by atomic mass is 10.0. The minimum absolute atomic E-state index is 0.0702. The number of anilines is 2. The summed E-state index contributed by atoms with van der Waals surface area (Å²) in [5.41, 5.74) is 2.78. The Kier molecular flexibility index (Phi) is 8.16. The highest BCUT2D eigenvalue weighted by molar-refractivity contribution is 5.87. The number of aliphatic hydroxyl groups excluding tert-OH is 1. The summed E-state index contributed by atoms with van der Waals surface area (Å²) in [6.45, 7) is 3.46. The van der Waals surface area contributed by atoms with Crippen molar-refractivity contribution in [1.29, 1.82) is 0 Å². The van der Waals surface area contributed by atoms with Crippen LogP contribution in [0.5, 0.6) is 17.2 Å². The number of benzene rings is 2. The molecule has 9 nitrogen and oxygen atoms in total. The van der Waals surface area contributed by atoms with Gasteiger partial charge in [-0.2, -0.15) is 0 Å². The average molecular weight is 548 g/mol. The highest BCUT2D eigenvalue weighted by Gasteiger charge is 2.30. The van der Waals surface area contributed by atoms with Crippen LogP contribution in [-0.2, 0) is 6.54 Å². The number of rotatable bonds is 10. The van der Waals surface area contributed by atoms with Crippen LogP contribution >= 0.6 is 0 Å². The summed E-state index contributed by atoms with van der Waals surface area (Å²) in [7, 11) is 3.23. The van der Waals surface area contributed by atoms with Gasteiger partial charge in [0.1, 0.15) is 40.7 Å². The predicted octanol–water partition coefficient (Wildman–Crippen LogP) is 5.01. The van der Waals surface area contributed by atoms with E-state index in [4.69, 9.17) is 14.5 Å². The van der Waals surface area contributed by atoms with Gasteiger partial charge >= 0.3 is 0 Å². The van der Waals surface area contributed by atoms with E-state index in [1.165, 1.54) is 24.5 Å². The Morgan fingerprint density at radius 2 is 1.95 bits per heavy atom. The number of pyridine rings is 1. The van der Waals surface area contributed by atoms with Crippen LogP contribution in [0.4, 0.5) is 16.0 Å². The van der Waals surface area contributed by atoms with Crippen LogP contribution in [0.25, 0.3) is 11.0 Å². The first kappa shape index (κ1) is 27.4. The van der Waals surface area contributed by atoms with Crippen LogP contribution in [0, 0.1) is 5.82 Å². The van der Waals surface area contributed by atoms with Gasteiger partial charge in [0, 0.05) is 36.8 Å². The van der Waals surface area contributed by atoms with Crippen LogP contribution in [-0.4, -0.2) is 58.6 Å². The van der Waals surface area contributed by atoms with Crippen molar-refractivity contribution in [2.45, 2.75) is 44.9 Å². The molecule has 10 heteroatoms. The number of aromatic nitrogens is 3. The first-order valence-electron chi connectivity index (χ1n) is 13.4. The molecule has 0 radical (unpaired) electrons. The van der Waals surface area contributed by atoms with Crippen molar-refractivity contribution in [3.8, 4) is 17.2 Å². The van der Waals surface area contributed by atoms with E-state index in [0.29, 0.717) is 59.2 Å². The summed E-state index contributed by atoms with van der Waals surface area (Å²) in [5.74, 6) is 2.40. The van der Waals surface area contributed by atoms with Crippen molar-refractivity contribution in [3.63, 3.8) is 0 Å². The fourth-order valence-electron chi connectivity index (χ4n) is 5.26. The van der Waals surface area contributed by atoms with Gasteiger partial charge in [-0.15, -0.1) is 0 Å².